The molecule has 27 heavy (non-hydrogen) atoms. The highest BCUT2D eigenvalue weighted by atomic mass is 16.4. The molecule has 154 valence electrons. The summed E-state index contributed by atoms with van der Waals surface area (Å²) in [4.78, 5) is 11.0. The quantitative estimate of drug-likeness (QED) is 0.680. The average Bonchev–Trinajstić information content (AvgIpc) is 2.97. The Kier molecular flexibility index (Phi) is 5.15. The van der Waals surface area contributed by atoms with Gasteiger partial charge in [0.25, 0.3) is 0 Å². The maximum Gasteiger partial charge on any atom is 0.303 e. The lowest BCUT2D eigenvalue weighted by molar-refractivity contribution is -0.138. The normalized spacial score (nSPS) is 50.4. The predicted octanol–water partition coefficient (Wildman–Crippen LogP) is 5.51. The number of carbonyl (C=O) groups is 1. The van der Waals surface area contributed by atoms with Crippen LogP contribution in [0.2, 0.25) is 0 Å². The molecule has 0 heterocycles. The molecule has 0 bridgehead atoms. The minimum Gasteiger partial charge on any atom is -0.481 e. The Labute approximate surface area is 165 Å². The molecule has 3 nitrogen and oxygen atoms in total. The number of fused-ring (bicyclic) bond motifs is 5. The van der Waals surface area contributed by atoms with Gasteiger partial charge in [0.2, 0.25) is 0 Å². The number of aliphatic hydroxyl groups is 1. The van der Waals surface area contributed by atoms with Crippen LogP contribution in [0.15, 0.2) is 0 Å². The van der Waals surface area contributed by atoms with Crippen molar-refractivity contribution in [1.29, 1.82) is 0 Å². The number of carboxylic acids is 1. The zero-order valence-electron chi connectivity index (χ0n) is 17.6. The Balaban J connectivity index is 1.51. The summed E-state index contributed by atoms with van der Waals surface area (Å²) in [6.45, 7) is 7.43. The molecule has 3 heteroatoms. The minimum absolute atomic E-state index is 0.0561. The van der Waals surface area contributed by atoms with Crippen molar-refractivity contribution in [3.8, 4) is 0 Å². The van der Waals surface area contributed by atoms with Crippen molar-refractivity contribution < 1.29 is 15.0 Å². The standard InChI is InChI=1S/C24H40O3/c1-15(4-9-22(26)27)19-7-8-20-18-6-5-16-14-17(25)10-12-23(16,2)21(18)11-13-24(19,20)3/h15-21,25H,4-14H2,1-3H3,(H,26,27)/t15-,16-,17+,18+,19-,20+,21+,23+,24-/m1/s1. The molecule has 0 aromatic carbocycles. The highest BCUT2D eigenvalue weighted by Crippen LogP contribution is 2.68. The van der Waals surface area contributed by atoms with Crippen LogP contribution >= 0.6 is 0 Å². The highest BCUT2D eigenvalue weighted by Gasteiger charge is 2.60. The molecule has 0 amide bonds. The summed E-state index contributed by atoms with van der Waals surface area (Å²) in [6.07, 6.45) is 12.4. The van der Waals surface area contributed by atoms with E-state index in [-0.39, 0.29) is 6.10 Å². The van der Waals surface area contributed by atoms with Crippen LogP contribution in [0.4, 0.5) is 0 Å². The van der Waals surface area contributed by atoms with E-state index in [4.69, 9.17) is 5.11 Å². The van der Waals surface area contributed by atoms with Crippen molar-refractivity contribution in [2.24, 2.45) is 46.3 Å². The monoisotopic (exact) mass is 376 g/mol. The maximum atomic E-state index is 11.0. The summed E-state index contributed by atoms with van der Waals surface area (Å²) >= 11 is 0. The van der Waals surface area contributed by atoms with Crippen molar-refractivity contribution in [2.75, 3.05) is 0 Å². The second-order valence-electron chi connectivity index (χ2n) is 11.2. The van der Waals surface area contributed by atoms with Crippen LogP contribution in [0.3, 0.4) is 0 Å². The average molecular weight is 377 g/mol. The number of aliphatic carboxylic acids is 1. The summed E-state index contributed by atoms with van der Waals surface area (Å²) in [5, 5.41) is 19.3. The Morgan fingerprint density at radius 3 is 2.44 bits per heavy atom. The fourth-order valence-electron chi connectivity index (χ4n) is 8.76. The van der Waals surface area contributed by atoms with Crippen LogP contribution in [-0.2, 0) is 4.79 Å². The van der Waals surface area contributed by atoms with Crippen LogP contribution in [0.1, 0.15) is 91.4 Å². The molecule has 0 aromatic rings. The van der Waals surface area contributed by atoms with Crippen molar-refractivity contribution in [3.63, 3.8) is 0 Å². The lowest BCUT2D eigenvalue weighted by Crippen LogP contribution is -2.54. The molecule has 0 aliphatic heterocycles. The zero-order chi connectivity index (χ0) is 19.4. The number of rotatable bonds is 4. The van der Waals surface area contributed by atoms with E-state index in [1.54, 1.807) is 0 Å². The number of aliphatic hydroxyl groups excluding tert-OH is 1. The fraction of sp³-hybridized carbons (Fsp3) is 0.958. The first-order chi connectivity index (χ1) is 12.8. The molecule has 2 N–H and O–H groups in total. The molecule has 0 spiro atoms. The van der Waals surface area contributed by atoms with Gasteiger partial charge in [-0.3, -0.25) is 4.79 Å². The van der Waals surface area contributed by atoms with Gasteiger partial charge in [0.05, 0.1) is 6.10 Å². The van der Waals surface area contributed by atoms with Gasteiger partial charge in [-0.05, 0) is 111 Å². The summed E-state index contributed by atoms with van der Waals surface area (Å²) < 4.78 is 0. The van der Waals surface area contributed by atoms with Crippen LogP contribution in [0.5, 0.6) is 0 Å². The molecule has 0 unspecified atom stereocenters. The van der Waals surface area contributed by atoms with E-state index in [1.165, 1.54) is 44.9 Å². The Morgan fingerprint density at radius 1 is 1.00 bits per heavy atom. The van der Waals surface area contributed by atoms with Gasteiger partial charge in [-0.15, -0.1) is 0 Å². The summed E-state index contributed by atoms with van der Waals surface area (Å²) in [7, 11) is 0. The smallest absolute Gasteiger partial charge is 0.303 e. The van der Waals surface area contributed by atoms with Crippen molar-refractivity contribution >= 4 is 5.97 Å². The van der Waals surface area contributed by atoms with E-state index < -0.39 is 5.97 Å². The van der Waals surface area contributed by atoms with Crippen LogP contribution in [0, 0.1) is 46.3 Å². The van der Waals surface area contributed by atoms with Crippen molar-refractivity contribution in [1.82, 2.24) is 0 Å². The van der Waals surface area contributed by atoms with E-state index in [0.717, 1.165) is 42.9 Å². The third-order valence-electron chi connectivity index (χ3n) is 10.2. The zero-order valence-corrected chi connectivity index (χ0v) is 17.6. The molecule has 0 aromatic heterocycles. The molecule has 0 radical (unpaired) electrons. The minimum atomic E-state index is -0.643. The van der Waals surface area contributed by atoms with E-state index in [1.807, 2.05) is 0 Å². The SMILES string of the molecule is C[C@H](CCC(=O)O)[C@H]1CC[C@H]2[C@@H]3CC[C@@H]4C[C@@H](O)CC[C@]4(C)[C@H]3CC[C@]12C. The molecular weight excluding hydrogens is 336 g/mol. The first-order valence-corrected chi connectivity index (χ1v) is 11.7. The van der Waals surface area contributed by atoms with Crippen LogP contribution in [-0.4, -0.2) is 22.3 Å². The molecule has 4 fully saturated rings. The van der Waals surface area contributed by atoms with E-state index >= 15 is 0 Å². The molecule has 0 saturated heterocycles. The Morgan fingerprint density at radius 2 is 1.70 bits per heavy atom. The third kappa shape index (κ3) is 3.16. The van der Waals surface area contributed by atoms with Crippen molar-refractivity contribution in [3.05, 3.63) is 0 Å². The molecule has 4 rings (SSSR count). The van der Waals surface area contributed by atoms with Crippen LogP contribution < -0.4 is 0 Å². The van der Waals surface area contributed by atoms with Gasteiger partial charge < -0.3 is 10.2 Å². The summed E-state index contributed by atoms with van der Waals surface area (Å²) in [5.41, 5.74) is 0.882. The van der Waals surface area contributed by atoms with E-state index in [2.05, 4.69) is 20.8 Å². The lowest BCUT2D eigenvalue weighted by Gasteiger charge is -2.61. The number of hydrogen-bond acceptors (Lipinski definition) is 2. The van der Waals surface area contributed by atoms with Gasteiger partial charge in [0.1, 0.15) is 0 Å². The van der Waals surface area contributed by atoms with E-state index in [0.29, 0.717) is 29.1 Å². The second-order valence-corrected chi connectivity index (χ2v) is 11.2. The molecular formula is C24H40O3. The Hall–Kier alpha value is -0.570. The largest absolute Gasteiger partial charge is 0.481 e. The molecule has 9 atom stereocenters. The Bertz CT molecular complexity index is 574. The van der Waals surface area contributed by atoms with Gasteiger partial charge >= 0.3 is 5.97 Å². The summed E-state index contributed by atoms with van der Waals surface area (Å²) in [6, 6.07) is 0. The van der Waals surface area contributed by atoms with Gasteiger partial charge in [-0.1, -0.05) is 20.8 Å². The number of carboxylic acid groups (broad SMARTS) is 1. The molecule has 4 aliphatic rings. The highest BCUT2D eigenvalue weighted by molar-refractivity contribution is 5.66. The summed E-state index contributed by atoms with van der Waals surface area (Å²) in [5.74, 6) is 3.91. The topological polar surface area (TPSA) is 57.5 Å². The van der Waals surface area contributed by atoms with Gasteiger partial charge in [-0.25, -0.2) is 0 Å². The molecule has 4 aliphatic carbocycles. The first-order valence-electron chi connectivity index (χ1n) is 11.7. The van der Waals surface area contributed by atoms with Crippen molar-refractivity contribution in [2.45, 2.75) is 97.5 Å². The third-order valence-corrected chi connectivity index (χ3v) is 10.2. The van der Waals surface area contributed by atoms with Gasteiger partial charge in [0.15, 0.2) is 0 Å². The molecule has 4 saturated carbocycles. The number of hydrogen-bond donors (Lipinski definition) is 2. The second kappa shape index (κ2) is 7.04. The maximum absolute atomic E-state index is 11.0. The predicted molar refractivity (Wildman–Crippen MR) is 107 cm³/mol. The first kappa shape index (κ1) is 19.7. The van der Waals surface area contributed by atoms with Crippen LogP contribution in [0.25, 0.3) is 0 Å². The fourth-order valence-corrected chi connectivity index (χ4v) is 8.76. The van der Waals surface area contributed by atoms with Gasteiger partial charge in [0, 0.05) is 6.42 Å². The van der Waals surface area contributed by atoms with E-state index in [9.17, 15) is 9.90 Å². The lowest BCUT2D eigenvalue weighted by atomic mass is 9.44. The van der Waals surface area contributed by atoms with Gasteiger partial charge in [-0.2, -0.15) is 0 Å².